The maximum atomic E-state index is 11.5. The highest BCUT2D eigenvalue weighted by Gasteiger charge is 2.15. The van der Waals surface area contributed by atoms with Crippen LogP contribution in [0.1, 0.15) is 6.92 Å². The van der Waals surface area contributed by atoms with Crippen molar-refractivity contribution in [3.8, 4) is 11.5 Å². The number of carbonyl (C=O) groups is 2. The van der Waals surface area contributed by atoms with Gasteiger partial charge in [-0.2, -0.15) is 0 Å². The Bertz CT molecular complexity index is 505. The molecule has 1 atom stereocenters. The smallest absolute Gasteiger partial charge is 0.325 e. The van der Waals surface area contributed by atoms with E-state index in [-0.39, 0.29) is 0 Å². The van der Waals surface area contributed by atoms with E-state index in [9.17, 15) is 9.59 Å². The molecule has 0 spiro atoms. The van der Waals surface area contributed by atoms with E-state index in [0.29, 0.717) is 30.4 Å². The summed E-state index contributed by atoms with van der Waals surface area (Å²) < 4.78 is 10.7. The van der Waals surface area contributed by atoms with Gasteiger partial charge in [0.2, 0.25) is 5.91 Å². The molecule has 1 aliphatic rings. The maximum Gasteiger partial charge on any atom is 0.325 e. The Morgan fingerprint density at radius 3 is 2.63 bits per heavy atom. The van der Waals surface area contributed by atoms with Crippen LogP contribution in [0.5, 0.6) is 11.5 Å². The third-order valence-corrected chi connectivity index (χ3v) is 2.60. The number of anilines is 1. The number of imide groups is 1. The topological polar surface area (TPSA) is 76.7 Å². The zero-order valence-corrected chi connectivity index (χ0v) is 11.0. The number of carbonyl (C=O) groups excluding carboxylic acids is 2. The second kappa shape index (κ2) is 5.79. The Labute approximate surface area is 115 Å². The highest BCUT2D eigenvalue weighted by atomic mass is 35.5. The van der Waals surface area contributed by atoms with E-state index in [2.05, 4.69) is 10.6 Å². The molecule has 1 heterocycles. The summed E-state index contributed by atoms with van der Waals surface area (Å²) in [6.07, 6.45) is 0. The molecule has 0 saturated carbocycles. The van der Waals surface area contributed by atoms with E-state index in [4.69, 9.17) is 21.1 Å². The van der Waals surface area contributed by atoms with Gasteiger partial charge in [-0.1, -0.05) is 0 Å². The van der Waals surface area contributed by atoms with Crippen molar-refractivity contribution in [1.82, 2.24) is 5.32 Å². The Morgan fingerprint density at radius 2 is 1.95 bits per heavy atom. The number of rotatable bonds is 2. The third kappa shape index (κ3) is 3.51. The Hall–Kier alpha value is -1.95. The van der Waals surface area contributed by atoms with Crippen LogP contribution in [-0.4, -0.2) is 30.5 Å². The predicted octanol–water partition coefficient (Wildman–Crippen LogP) is 1.73. The van der Waals surface area contributed by atoms with Gasteiger partial charge in [-0.05, 0) is 19.1 Å². The fourth-order valence-corrected chi connectivity index (χ4v) is 1.55. The summed E-state index contributed by atoms with van der Waals surface area (Å²) in [5.41, 5.74) is 0.497. The SMILES string of the molecule is CC(Cl)C(=O)NC(=O)Nc1ccc2c(c1)OCCO2. The average Bonchev–Trinajstić information content (AvgIpc) is 2.38. The van der Waals surface area contributed by atoms with E-state index in [1.807, 2.05) is 0 Å². The molecule has 19 heavy (non-hydrogen) atoms. The number of ether oxygens (including phenoxy) is 2. The summed E-state index contributed by atoms with van der Waals surface area (Å²) in [6.45, 7) is 2.45. The molecule has 1 aromatic rings. The summed E-state index contributed by atoms with van der Waals surface area (Å²) >= 11 is 5.54. The van der Waals surface area contributed by atoms with Crippen molar-refractivity contribution in [2.24, 2.45) is 0 Å². The van der Waals surface area contributed by atoms with E-state index in [1.54, 1.807) is 18.2 Å². The molecule has 1 unspecified atom stereocenters. The van der Waals surface area contributed by atoms with Crippen LogP contribution in [0.4, 0.5) is 10.5 Å². The van der Waals surface area contributed by atoms with Crippen LogP contribution in [-0.2, 0) is 4.79 Å². The molecule has 0 bridgehead atoms. The molecule has 102 valence electrons. The fourth-order valence-electron chi connectivity index (χ4n) is 1.49. The third-order valence-electron chi connectivity index (χ3n) is 2.40. The first-order chi connectivity index (χ1) is 9.06. The molecule has 1 aliphatic heterocycles. The van der Waals surface area contributed by atoms with Gasteiger partial charge < -0.3 is 14.8 Å². The summed E-state index contributed by atoms with van der Waals surface area (Å²) in [4.78, 5) is 22.7. The van der Waals surface area contributed by atoms with Gasteiger partial charge in [-0.3, -0.25) is 10.1 Å². The van der Waals surface area contributed by atoms with Crippen LogP contribution in [0.3, 0.4) is 0 Å². The van der Waals surface area contributed by atoms with Crippen LogP contribution >= 0.6 is 11.6 Å². The lowest BCUT2D eigenvalue weighted by Crippen LogP contribution is -2.38. The zero-order chi connectivity index (χ0) is 13.8. The van der Waals surface area contributed by atoms with Gasteiger partial charge in [0, 0.05) is 11.8 Å². The molecule has 6 nitrogen and oxygen atoms in total. The standard InChI is InChI=1S/C12H13ClN2O4/c1-7(13)11(16)15-12(17)14-8-2-3-9-10(6-8)19-5-4-18-9/h2-3,6-7H,4-5H2,1H3,(H2,14,15,16,17). The van der Waals surface area contributed by atoms with Gasteiger partial charge in [0.05, 0.1) is 0 Å². The molecule has 0 radical (unpaired) electrons. The average molecular weight is 285 g/mol. The molecule has 0 saturated heterocycles. The largest absolute Gasteiger partial charge is 0.486 e. The van der Waals surface area contributed by atoms with Crippen molar-refractivity contribution in [3.05, 3.63) is 18.2 Å². The fraction of sp³-hybridized carbons (Fsp3) is 0.333. The number of benzene rings is 1. The minimum Gasteiger partial charge on any atom is -0.486 e. The lowest BCUT2D eigenvalue weighted by Gasteiger charge is -2.19. The molecule has 1 aromatic carbocycles. The van der Waals surface area contributed by atoms with Crippen LogP contribution in [0.2, 0.25) is 0 Å². The first kappa shape index (κ1) is 13.5. The normalized spacial score (nSPS) is 14.4. The van der Waals surface area contributed by atoms with Crippen molar-refractivity contribution >= 4 is 29.2 Å². The Kier molecular flexibility index (Phi) is 4.11. The van der Waals surface area contributed by atoms with Crippen molar-refractivity contribution in [2.45, 2.75) is 12.3 Å². The Morgan fingerprint density at radius 1 is 1.26 bits per heavy atom. The minimum atomic E-state index is -0.772. The second-order valence-electron chi connectivity index (χ2n) is 3.92. The first-order valence-electron chi connectivity index (χ1n) is 5.72. The van der Waals surface area contributed by atoms with E-state index < -0.39 is 17.3 Å². The number of amides is 3. The number of hydrogen-bond acceptors (Lipinski definition) is 4. The van der Waals surface area contributed by atoms with Crippen molar-refractivity contribution in [2.75, 3.05) is 18.5 Å². The molecular weight excluding hydrogens is 272 g/mol. The highest BCUT2D eigenvalue weighted by molar-refractivity contribution is 6.31. The number of alkyl halides is 1. The number of hydrogen-bond donors (Lipinski definition) is 2. The molecule has 0 aromatic heterocycles. The van der Waals surface area contributed by atoms with E-state index in [1.165, 1.54) is 6.92 Å². The highest BCUT2D eigenvalue weighted by Crippen LogP contribution is 2.32. The van der Waals surface area contributed by atoms with Gasteiger partial charge in [-0.25, -0.2) is 4.79 Å². The number of halogens is 1. The first-order valence-corrected chi connectivity index (χ1v) is 6.15. The Balaban J connectivity index is 1.99. The molecule has 7 heteroatoms. The molecule has 2 N–H and O–H groups in total. The summed E-state index contributed by atoms with van der Waals surface area (Å²) in [5, 5.41) is 3.86. The summed E-state index contributed by atoms with van der Waals surface area (Å²) in [6, 6.07) is 4.33. The van der Waals surface area contributed by atoms with Crippen LogP contribution in [0, 0.1) is 0 Å². The maximum absolute atomic E-state index is 11.5. The van der Waals surface area contributed by atoms with Crippen LogP contribution in [0.25, 0.3) is 0 Å². The lowest BCUT2D eigenvalue weighted by molar-refractivity contribution is -0.119. The molecule has 2 rings (SSSR count). The molecule has 0 fully saturated rings. The van der Waals surface area contributed by atoms with Crippen molar-refractivity contribution in [1.29, 1.82) is 0 Å². The number of fused-ring (bicyclic) bond motifs is 1. The summed E-state index contributed by atoms with van der Waals surface area (Å²) in [5.74, 6) is 0.625. The molecule has 0 aliphatic carbocycles. The van der Waals surface area contributed by atoms with Gasteiger partial charge in [0.15, 0.2) is 11.5 Å². The predicted molar refractivity (Wildman–Crippen MR) is 69.9 cm³/mol. The minimum absolute atomic E-state index is 0.463. The van der Waals surface area contributed by atoms with Crippen molar-refractivity contribution in [3.63, 3.8) is 0 Å². The monoisotopic (exact) mass is 284 g/mol. The lowest BCUT2D eigenvalue weighted by atomic mass is 10.2. The number of nitrogens with one attached hydrogen (secondary N) is 2. The van der Waals surface area contributed by atoms with Crippen LogP contribution in [0.15, 0.2) is 18.2 Å². The van der Waals surface area contributed by atoms with E-state index in [0.717, 1.165) is 0 Å². The van der Waals surface area contributed by atoms with Gasteiger partial charge in [-0.15, -0.1) is 11.6 Å². The van der Waals surface area contributed by atoms with Crippen molar-refractivity contribution < 1.29 is 19.1 Å². The molecular formula is C12H13ClN2O4. The zero-order valence-electron chi connectivity index (χ0n) is 10.2. The number of urea groups is 1. The van der Waals surface area contributed by atoms with Gasteiger partial charge in [0.1, 0.15) is 18.6 Å². The second-order valence-corrected chi connectivity index (χ2v) is 4.57. The summed E-state index contributed by atoms with van der Waals surface area (Å²) in [7, 11) is 0. The molecule has 3 amide bonds. The van der Waals surface area contributed by atoms with Gasteiger partial charge in [0.25, 0.3) is 0 Å². The van der Waals surface area contributed by atoms with E-state index >= 15 is 0 Å². The van der Waals surface area contributed by atoms with Gasteiger partial charge >= 0.3 is 6.03 Å². The quantitative estimate of drug-likeness (QED) is 0.811. The van der Waals surface area contributed by atoms with Crippen LogP contribution < -0.4 is 20.1 Å².